The Kier molecular flexibility index (Phi) is 6.72. The van der Waals surface area contributed by atoms with E-state index >= 15 is 0 Å². The van der Waals surface area contributed by atoms with Gasteiger partial charge in [0.1, 0.15) is 0 Å². The lowest BCUT2D eigenvalue weighted by Gasteiger charge is -2.34. The summed E-state index contributed by atoms with van der Waals surface area (Å²) in [5, 5.41) is 3.50. The second-order valence-electron chi connectivity index (χ2n) is 6.07. The number of methoxy groups -OCH3 is 1. The molecule has 0 fully saturated rings. The fourth-order valence-electron chi connectivity index (χ4n) is 2.16. The van der Waals surface area contributed by atoms with Crippen LogP contribution in [0.1, 0.15) is 20.3 Å². The lowest BCUT2D eigenvalue weighted by atomic mass is 9.90. The van der Waals surface area contributed by atoms with Crippen molar-refractivity contribution in [1.82, 2.24) is 5.32 Å². The van der Waals surface area contributed by atoms with Gasteiger partial charge < -0.3 is 10.1 Å². The molecular weight excluding hydrogens is 202 g/mol. The maximum Gasteiger partial charge on any atom is 0.0587 e. The number of rotatable bonds is 8. The van der Waals surface area contributed by atoms with Crippen LogP contribution in [-0.2, 0) is 4.74 Å². The standard InChI is InChI=1S/C12H29NOSi/c1-7-12(2,11-15(4,5)6)10-13-8-9-14-3/h13H,7-11H2,1-6H3. The van der Waals surface area contributed by atoms with Gasteiger partial charge in [-0.2, -0.15) is 0 Å². The Morgan fingerprint density at radius 3 is 2.27 bits per heavy atom. The number of ether oxygens (including phenoxy) is 1. The lowest BCUT2D eigenvalue weighted by molar-refractivity contribution is 0.193. The molecule has 0 aliphatic heterocycles. The van der Waals surface area contributed by atoms with E-state index in [1.165, 1.54) is 12.5 Å². The molecule has 0 radical (unpaired) electrons. The third-order valence-electron chi connectivity index (χ3n) is 2.85. The fourth-order valence-corrected chi connectivity index (χ4v) is 5.09. The van der Waals surface area contributed by atoms with Crippen molar-refractivity contribution in [2.45, 2.75) is 46.0 Å². The van der Waals surface area contributed by atoms with Gasteiger partial charge in [0.15, 0.2) is 0 Å². The molecule has 1 atom stereocenters. The Labute approximate surface area is 96.8 Å². The molecule has 0 spiro atoms. The van der Waals surface area contributed by atoms with Gasteiger partial charge in [-0.3, -0.25) is 0 Å². The Bertz CT molecular complexity index is 167. The first kappa shape index (κ1) is 15.1. The molecule has 0 heterocycles. The smallest absolute Gasteiger partial charge is 0.0587 e. The van der Waals surface area contributed by atoms with Gasteiger partial charge in [-0.1, -0.05) is 39.5 Å². The summed E-state index contributed by atoms with van der Waals surface area (Å²) >= 11 is 0. The largest absolute Gasteiger partial charge is 0.383 e. The maximum atomic E-state index is 5.04. The van der Waals surface area contributed by atoms with E-state index in [4.69, 9.17) is 4.74 Å². The molecule has 0 rings (SSSR count). The van der Waals surface area contributed by atoms with Crippen molar-refractivity contribution in [3.63, 3.8) is 0 Å². The Morgan fingerprint density at radius 2 is 1.87 bits per heavy atom. The summed E-state index contributed by atoms with van der Waals surface area (Å²) in [7, 11) is 0.799. The Hall–Kier alpha value is 0.137. The molecule has 1 unspecified atom stereocenters. The van der Waals surface area contributed by atoms with E-state index in [-0.39, 0.29) is 0 Å². The monoisotopic (exact) mass is 231 g/mol. The molecular formula is C12H29NOSi. The second kappa shape index (κ2) is 6.66. The first-order valence-electron chi connectivity index (χ1n) is 6.03. The first-order valence-corrected chi connectivity index (χ1v) is 9.73. The molecule has 92 valence electrons. The van der Waals surface area contributed by atoms with Crippen LogP contribution in [0.5, 0.6) is 0 Å². The highest BCUT2D eigenvalue weighted by molar-refractivity contribution is 6.76. The van der Waals surface area contributed by atoms with E-state index in [1.807, 2.05) is 0 Å². The summed E-state index contributed by atoms with van der Waals surface area (Å²) in [6.45, 7) is 15.0. The average molecular weight is 231 g/mol. The Balaban J connectivity index is 3.96. The molecule has 0 saturated heterocycles. The van der Waals surface area contributed by atoms with E-state index in [0.29, 0.717) is 5.41 Å². The molecule has 0 aromatic heterocycles. The van der Waals surface area contributed by atoms with Crippen LogP contribution >= 0.6 is 0 Å². The van der Waals surface area contributed by atoms with Gasteiger partial charge in [-0.25, -0.2) is 0 Å². The molecule has 15 heavy (non-hydrogen) atoms. The van der Waals surface area contributed by atoms with Gasteiger partial charge in [0.2, 0.25) is 0 Å². The molecule has 3 heteroatoms. The summed E-state index contributed by atoms with van der Waals surface area (Å²) in [5.74, 6) is 0. The molecule has 0 bridgehead atoms. The van der Waals surface area contributed by atoms with Crippen LogP contribution in [0.4, 0.5) is 0 Å². The number of hydrogen-bond donors (Lipinski definition) is 1. The van der Waals surface area contributed by atoms with Crippen LogP contribution in [0.3, 0.4) is 0 Å². The van der Waals surface area contributed by atoms with Gasteiger partial charge >= 0.3 is 0 Å². The number of hydrogen-bond acceptors (Lipinski definition) is 2. The Morgan fingerprint density at radius 1 is 1.27 bits per heavy atom. The quantitative estimate of drug-likeness (QED) is 0.512. The van der Waals surface area contributed by atoms with Crippen LogP contribution in [0.25, 0.3) is 0 Å². The third-order valence-corrected chi connectivity index (χ3v) is 4.76. The first-order chi connectivity index (χ1) is 6.83. The lowest BCUT2D eigenvalue weighted by Crippen LogP contribution is -2.38. The van der Waals surface area contributed by atoms with Gasteiger partial charge in [0, 0.05) is 28.3 Å². The molecule has 0 aromatic carbocycles. The fraction of sp³-hybridized carbons (Fsp3) is 1.00. The van der Waals surface area contributed by atoms with Crippen molar-refractivity contribution in [2.24, 2.45) is 5.41 Å². The van der Waals surface area contributed by atoms with Gasteiger partial charge in [0.25, 0.3) is 0 Å². The predicted molar refractivity (Wildman–Crippen MR) is 71.3 cm³/mol. The van der Waals surface area contributed by atoms with Gasteiger partial charge in [-0.15, -0.1) is 0 Å². The summed E-state index contributed by atoms with van der Waals surface area (Å²) in [6.07, 6.45) is 1.26. The summed E-state index contributed by atoms with van der Waals surface area (Å²) in [4.78, 5) is 0. The highest BCUT2D eigenvalue weighted by atomic mass is 28.3. The van der Waals surface area contributed by atoms with E-state index in [0.717, 1.165) is 19.7 Å². The highest BCUT2D eigenvalue weighted by Crippen LogP contribution is 2.31. The zero-order valence-corrected chi connectivity index (χ0v) is 12.4. The minimum atomic E-state index is -0.953. The molecule has 0 aromatic rings. The SMILES string of the molecule is CCC(C)(CNCCOC)C[Si](C)(C)C. The minimum absolute atomic E-state index is 0.470. The average Bonchev–Trinajstić information content (AvgIpc) is 2.10. The van der Waals surface area contributed by atoms with Crippen LogP contribution in [-0.4, -0.2) is 34.9 Å². The minimum Gasteiger partial charge on any atom is -0.383 e. The van der Waals surface area contributed by atoms with E-state index in [2.05, 4.69) is 38.8 Å². The van der Waals surface area contributed by atoms with Crippen LogP contribution in [0, 0.1) is 5.41 Å². The highest BCUT2D eigenvalue weighted by Gasteiger charge is 2.28. The van der Waals surface area contributed by atoms with Crippen molar-refractivity contribution in [2.75, 3.05) is 26.8 Å². The van der Waals surface area contributed by atoms with Crippen LogP contribution < -0.4 is 5.32 Å². The zero-order valence-electron chi connectivity index (χ0n) is 11.4. The van der Waals surface area contributed by atoms with Crippen molar-refractivity contribution < 1.29 is 4.74 Å². The third kappa shape index (κ3) is 8.00. The van der Waals surface area contributed by atoms with Crippen LogP contribution in [0.2, 0.25) is 25.7 Å². The van der Waals surface area contributed by atoms with Gasteiger partial charge in [-0.05, 0) is 11.8 Å². The van der Waals surface area contributed by atoms with Crippen molar-refractivity contribution in [1.29, 1.82) is 0 Å². The van der Waals surface area contributed by atoms with Crippen molar-refractivity contribution in [3.05, 3.63) is 0 Å². The van der Waals surface area contributed by atoms with E-state index in [9.17, 15) is 0 Å². The topological polar surface area (TPSA) is 21.3 Å². The molecule has 0 aliphatic carbocycles. The maximum absolute atomic E-state index is 5.04. The summed E-state index contributed by atoms with van der Waals surface area (Å²) in [6, 6.07) is 1.40. The molecule has 0 amide bonds. The molecule has 0 aliphatic rings. The summed E-state index contributed by atoms with van der Waals surface area (Å²) < 4.78 is 5.04. The van der Waals surface area contributed by atoms with Crippen LogP contribution in [0.15, 0.2) is 0 Å². The zero-order chi connectivity index (χ0) is 11.9. The van der Waals surface area contributed by atoms with Crippen molar-refractivity contribution >= 4 is 8.07 Å². The summed E-state index contributed by atoms with van der Waals surface area (Å²) in [5.41, 5.74) is 0.470. The van der Waals surface area contributed by atoms with Crippen molar-refractivity contribution in [3.8, 4) is 0 Å². The predicted octanol–water partition coefficient (Wildman–Crippen LogP) is 2.98. The van der Waals surface area contributed by atoms with E-state index < -0.39 is 8.07 Å². The molecule has 1 N–H and O–H groups in total. The normalized spacial score (nSPS) is 16.4. The number of nitrogens with one attached hydrogen (secondary N) is 1. The molecule has 0 saturated carbocycles. The van der Waals surface area contributed by atoms with Gasteiger partial charge in [0.05, 0.1) is 6.61 Å². The second-order valence-corrected chi connectivity index (χ2v) is 11.5. The van der Waals surface area contributed by atoms with E-state index in [1.54, 1.807) is 7.11 Å². The molecule has 2 nitrogen and oxygen atoms in total.